The molecular weight excluding hydrogens is 272 g/mol. The van der Waals surface area contributed by atoms with E-state index in [1.54, 1.807) is 11.3 Å². The molecule has 20 heavy (non-hydrogen) atoms. The minimum atomic E-state index is -0.110. The highest BCUT2D eigenvalue weighted by molar-refractivity contribution is 7.09. The molecule has 2 rings (SSSR count). The van der Waals surface area contributed by atoms with Crippen molar-refractivity contribution in [3.8, 4) is 5.75 Å². The van der Waals surface area contributed by atoms with Crippen molar-refractivity contribution in [2.45, 2.75) is 20.3 Å². The van der Waals surface area contributed by atoms with Crippen molar-refractivity contribution < 1.29 is 9.53 Å². The Kier molecular flexibility index (Phi) is 5.12. The van der Waals surface area contributed by atoms with Gasteiger partial charge in [-0.15, -0.1) is 11.3 Å². The van der Waals surface area contributed by atoms with E-state index in [0.29, 0.717) is 6.54 Å². The number of nitrogens with zero attached hydrogens (tertiary/aromatic N) is 1. The summed E-state index contributed by atoms with van der Waals surface area (Å²) in [6, 6.07) is 7.66. The number of ether oxygens (including phenoxy) is 1. The van der Waals surface area contributed by atoms with E-state index < -0.39 is 0 Å². The predicted octanol–water partition coefficient (Wildman–Crippen LogP) is 2.50. The van der Waals surface area contributed by atoms with E-state index in [1.165, 1.54) is 0 Å². The first-order valence-electron chi connectivity index (χ1n) is 6.51. The Balaban J connectivity index is 1.69. The summed E-state index contributed by atoms with van der Waals surface area (Å²) in [5.41, 5.74) is 2.05. The van der Waals surface area contributed by atoms with E-state index >= 15 is 0 Å². The van der Waals surface area contributed by atoms with Gasteiger partial charge in [-0.05, 0) is 25.5 Å². The first kappa shape index (κ1) is 14.5. The molecule has 1 aromatic carbocycles. The fraction of sp³-hybridized carbons (Fsp3) is 0.333. The Bertz CT molecular complexity index is 581. The molecule has 1 N–H and O–H groups in total. The van der Waals surface area contributed by atoms with E-state index in [0.717, 1.165) is 28.4 Å². The quantitative estimate of drug-likeness (QED) is 0.889. The van der Waals surface area contributed by atoms with Crippen LogP contribution in [0.2, 0.25) is 0 Å². The largest absolute Gasteiger partial charge is 0.484 e. The summed E-state index contributed by atoms with van der Waals surface area (Å²) < 4.78 is 5.48. The number of carbonyl (C=O) groups excluding carboxylic acids is 1. The van der Waals surface area contributed by atoms with E-state index in [9.17, 15) is 4.79 Å². The van der Waals surface area contributed by atoms with Crippen molar-refractivity contribution in [1.29, 1.82) is 0 Å². The van der Waals surface area contributed by atoms with E-state index in [2.05, 4.69) is 10.3 Å². The van der Waals surface area contributed by atoms with E-state index in [1.807, 2.05) is 43.5 Å². The molecule has 0 spiro atoms. The van der Waals surface area contributed by atoms with Crippen LogP contribution in [0.15, 0.2) is 29.6 Å². The standard InChI is InChI=1S/C15H18N2O2S/c1-11-5-3-4-6-13(11)19-9-14(18)16-8-7-15-17-12(2)10-20-15/h3-6,10H,7-9H2,1-2H3,(H,16,18). The molecule has 1 amide bonds. The first-order valence-corrected chi connectivity index (χ1v) is 7.39. The lowest BCUT2D eigenvalue weighted by Gasteiger charge is -2.08. The number of benzene rings is 1. The summed E-state index contributed by atoms with van der Waals surface area (Å²) in [5.74, 6) is 0.639. The summed E-state index contributed by atoms with van der Waals surface area (Å²) in [5, 5.41) is 5.89. The Morgan fingerprint density at radius 3 is 2.85 bits per heavy atom. The summed E-state index contributed by atoms with van der Waals surface area (Å²) >= 11 is 1.62. The second kappa shape index (κ2) is 7.05. The van der Waals surface area contributed by atoms with Crippen LogP contribution in [-0.4, -0.2) is 24.0 Å². The zero-order valence-electron chi connectivity index (χ0n) is 11.7. The fourth-order valence-corrected chi connectivity index (χ4v) is 2.51. The van der Waals surface area contributed by atoms with Gasteiger partial charge in [-0.1, -0.05) is 18.2 Å². The van der Waals surface area contributed by atoms with Gasteiger partial charge in [-0.25, -0.2) is 4.98 Å². The van der Waals surface area contributed by atoms with Gasteiger partial charge in [0.05, 0.1) is 5.01 Å². The van der Waals surface area contributed by atoms with Crippen LogP contribution < -0.4 is 10.1 Å². The SMILES string of the molecule is Cc1csc(CCNC(=O)COc2ccccc2C)n1. The molecule has 1 heterocycles. The lowest BCUT2D eigenvalue weighted by atomic mass is 10.2. The Hall–Kier alpha value is -1.88. The van der Waals surface area contributed by atoms with Crippen molar-refractivity contribution in [2.24, 2.45) is 0 Å². The molecule has 0 aliphatic carbocycles. The van der Waals surface area contributed by atoms with Crippen LogP contribution in [0.4, 0.5) is 0 Å². The second-order valence-electron chi connectivity index (χ2n) is 4.54. The molecule has 0 atom stereocenters. The highest BCUT2D eigenvalue weighted by atomic mass is 32.1. The summed E-state index contributed by atoms with van der Waals surface area (Å²) in [4.78, 5) is 16.0. The Morgan fingerprint density at radius 2 is 2.15 bits per heavy atom. The van der Waals surface area contributed by atoms with Gasteiger partial charge < -0.3 is 10.1 Å². The molecule has 0 fully saturated rings. The van der Waals surface area contributed by atoms with Crippen LogP contribution in [0.25, 0.3) is 0 Å². The smallest absolute Gasteiger partial charge is 0.257 e. The van der Waals surface area contributed by atoms with Gasteiger partial charge in [-0.3, -0.25) is 4.79 Å². The normalized spacial score (nSPS) is 10.3. The minimum Gasteiger partial charge on any atom is -0.484 e. The molecular formula is C15H18N2O2S. The maximum absolute atomic E-state index is 11.7. The number of amides is 1. The average molecular weight is 290 g/mol. The average Bonchev–Trinajstić information content (AvgIpc) is 2.83. The number of carbonyl (C=O) groups is 1. The molecule has 1 aromatic heterocycles. The van der Waals surface area contributed by atoms with Crippen molar-refractivity contribution in [3.05, 3.63) is 45.9 Å². The second-order valence-corrected chi connectivity index (χ2v) is 5.48. The van der Waals surface area contributed by atoms with Gasteiger partial charge in [-0.2, -0.15) is 0 Å². The van der Waals surface area contributed by atoms with Gasteiger partial charge in [0, 0.05) is 24.0 Å². The van der Waals surface area contributed by atoms with Crippen LogP contribution >= 0.6 is 11.3 Å². The monoisotopic (exact) mass is 290 g/mol. The van der Waals surface area contributed by atoms with Gasteiger partial charge in [0.25, 0.3) is 5.91 Å². The molecule has 0 radical (unpaired) electrons. The first-order chi connectivity index (χ1) is 9.65. The number of hydrogen-bond acceptors (Lipinski definition) is 4. The zero-order chi connectivity index (χ0) is 14.4. The van der Waals surface area contributed by atoms with Crippen LogP contribution in [0.1, 0.15) is 16.3 Å². The van der Waals surface area contributed by atoms with Crippen LogP contribution in [-0.2, 0) is 11.2 Å². The molecule has 0 aliphatic heterocycles. The Labute approximate surface area is 122 Å². The van der Waals surface area contributed by atoms with E-state index in [-0.39, 0.29) is 12.5 Å². The van der Waals surface area contributed by atoms with Crippen molar-refractivity contribution in [1.82, 2.24) is 10.3 Å². The topological polar surface area (TPSA) is 51.2 Å². The molecule has 0 aliphatic rings. The number of hydrogen-bond donors (Lipinski definition) is 1. The third-order valence-corrected chi connectivity index (χ3v) is 3.81. The summed E-state index contributed by atoms with van der Waals surface area (Å²) in [6.07, 6.45) is 0.759. The molecule has 106 valence electrons. The third kappa shape index (κ3) is 4.35. The molecule has 0 saturated heterocycles. The molecule has 0 saturated carbocycles. The maximum atomic E-state index is 11.7. The lowest BCUT2D eigenvalue weighted by Crippen LogP contribution is -2.30. The highest BCUT2D eigenvalue weighted by Crippen LogP contribution is 2.15. The zero-order valence-corrected chi connectivity index (χ0v) is 12.5. The summed E-state index contributed by atoms with van der Waals surface area (Å²) in [6.45, 7) is 4.55. The molecule has 5 heteroatoms. The number of aromatic nitrogens is 1. The number of aryl methyl sites for hydroxylation is 2. The predicted molar refractivity (Wildman–Crippen MR) is 80.2 cm³/mol. The summed E-state index contributed by atoms with van der Waals surface area (Å²) in [7, 11) is 0. The Morgan fingerprint density at radius 1 is 1.35 bits per heavy atom. The molecule has 0 bridgehead atoms. The third-order valence-electron chi connectivity index (χ3n) is 2.78. The van der Waals surface area contributed by atoms with Crippen molar-refractivity contribution >= 4 is 17.2 Å². The number of nitrogens with one attached hydrogen (secondary N) is 1. The van der Waals surface area contributed by atoms with Crippen molar-refractivity contribution in [2.75, 3.05) is 13.2 Å². The van der Waals surface area contributed by atoms with Crippen LogP contribution in [0, 0.1) is 13.8 Å². The molecule has 2 aromatic rings. The maximum Gasteiger partial charge on any atom is 0.257 e. The number of rotatable bonds is 6. The fourth-order valence-electron chi connectivity index (χ4n) is 1.74. The number of thiazole rings is 1. The lowest BCUT2D eigenvalue weighted by molar-refractivity contribution is -0.123. The van der Waals surface area contributed by atoms with Gasteiger partial charge in [0.1, 0.15) is 5.75 Å². The van der Waals surface area contributed by atoms with Crippen LogP contribution in [0.3, 0.4) is 0 Å². The van der Waals surface area contributed by atoms with E-state index in [4.69, 9.17) is 4.74 Å². The molecule has 0 unspecified atom stereocenters. The van der Waals surface area contributed by atoms with Crippen LogP contribution in [0.5, 0.6) is 5.75 Å². The molecule has 4 nitrogen and oxygen atoms in total. The highest BCUT2D eigenvalue weighted by Gasteiger charge is 2.05. The van der Waals surface area contributed by atoms with Gasteiger partial charge in [0.2, 0.25) is 0 Å². The van der Waals surface area contributed by atoms with Gasteiger partial charge >= 0.3 is 0 Å². The minimum absolute atomic E-state index is 0.0434. The van der Waals surface area contributed by atoms with Gasteiger partial charge in [0.15, 0.2) is 6.61 Å². The van der Waals surface area contributed by atoms with Crippen molar-refractivity contribution in [3.63, 3.8) is 0 Å². The number of para-hydroxylation sites is 1.